The van der Waals surface area contributed by atoms with Crippen molar-refractivity contribution in [3.8, 4) is 12.3 Å². The third-order valence-electron chi connectivity index (χ3n) is 1.84. The zero-order valence-electron chi connectivity index (χ0n) is 8.82. The fourth-order valence-corrected chi connectivity index (χ4v) is 2.20. The van der Waals surface area contributed by atoms with E-state index >= 15 is 0 Å². The van der Waals surface area contributed by atoms with Crippen LogP contribution in [-0.2, 0) is 4.79 Å². The predicted molar refractivity (Wildman–Crippen MR) is 61.1 cm³/mol. The largest absolute Gasteiger partial charge is 0.293 e. The van der Waals surface area contributed by atoms with Gasteiger partial charge in [-0.25, -0.2) is 0 Å². The number of hydrogen-bond acceptors (Lipinski definition) is 3. The summed E-state index contributed by atoms with van der Waals surface area (Å²) >= 11 is 0.991. The normalized spacial score (nSPS) is 19.1. The summed E-state index contributed by atoms with van der Waals surface area (Å²) in [5.74, 6) is 2.46. The maximum Gasteiger partial charge on any atom is 0.293 e. The van der Waals surface area contributed by atoms with E-state index in [1.807, 2.05) is 13.8 Å². The number of amides is 2. The number of imide groups is 1. The molecule has 0 aromatic rings. The summed E-state index contributed by atoms with van der Waals surface area (Å²) in [7, 11) is 0. The van der Waals surface area contributed by atoms with Crippen molar-refractivity contribution in [1.82, 2.24) is 4.90 Å². The average molecular weight is 223 g/mol. The highest BCUT2D eigenvalue weighted by Gasteiger charge is 2.34. The maximum absolute atomic E-state index is 11.7. The van der Waals surface area contributed by atoms with Gasteiger partial charge in [-0.2, -0.15) is 0 Å². The summed E-state index contributed by atoms with van der Waals surface area (Å²) in [6.45, 7) is 4.25. The fraction of sp³-hybridized carbons (Fsp3) is 0.455. The van der Waals surface area contributed by atoms with E-state index in [-0.39, 0.29) is 17.1 Å². The highest BCUT2D eigenvalue weighted by molar-refractivity contribution is 8.18. The van der Waals surface area contributed by atoms with Gasteiger partial charge >= 0.3 is 0 Å². The van der Waals surface area contributed by atoms with Crippen LogP contribution in [0, 0.1) is 18.3 Å². The zero-order valence-corrected chi connectivity index (χ0v) is 9.63. The lowest BCUT2D eigenvalue weighted by Gasteiger charge is -2.09. The standard InChI is InChI=1S/C11H13NO2S/c1-4-5-6-12-10(13)9(7-8(2)3)15-11(12)14/h1,7-8H,5-6H2,2-3H3/b9-7-. The lowest BCUT2D eigenvalue weighted by molar-refractivity contribution is -0.122. The molecule has 1 fully saturated rings. The van der Waals surface area contributed by atoms with Gasteiger partial charge in [-0.05, 0) is 17.7 Å². The molecule has 1 aliphatic rings. The summed E-state index contributed by atoms with van der Waals surface area (Å²) < 4.78 is 0. The molecule has 0 aliphatic carbocycles. The van der Waals surface area contributed by atoms with E-state index in [1.165, 1.54) is 4.90 Å². The van der Waals surface area contributed by atoms with Crippen molar-refractivity contribution in [2.75, 3.05) is 6.54 Å². The highest BCUT2D eigenvalue weighted by atomic mass is 32.2. The van der Waals surface area contributed by atoms with Crippen molar-refractivity contribution in [2.24, 2.45) is 5.92 Å². The van der Waals surface area contributed by atoms with E-state index in [0.29, 0.717) is 17.9 Å². The first-order valence-electron chi connectivity index (χ1n) is 4.75. The first kappa shape index (κ1) is 11.9. The average Bonchev–Trinajstić information content (AvgIpc) is 2.39. The number of rotatable bonds is 3. The Morgan fingerprint density at radius 1 is 1.53 bits per heavy atom. The van der Waals surface area contributed by atoms with Crippen LogP contribution in [-0.4, -0.2) is 22.6 Å². The minimum absolute atomic E-state index is 0.214. The summed E-state index contributed by atoms with van der Waals surface area (Å²) in [6.07, 6.45) is 7.31. The van der Waals surface area contributed by atoms with Gasteiger partial charge in [0.05, 0.1) is 4.91 Å². The molecular weight excluding hydrogens is 210 g/mol. The Morgan fingerprint density at radius 2 is 2.20 bits per heavy atom. The predicted octanol–water partition coefficient (Wildman–Crippen LogP) is 2.25. The number of thioether (sulfide) groups is 1. The van der Waals surface area contributed by atoms with E-state index < -0.39 is 0 Å². The van der Waals surface area contributed by atoms with E-state index in [9.17, 15) is 9.59 Å². The summed E-state index contributed by atoms with van der Waals surface area (Å²) in [4.78, 5) is 24.9. The molecule has 3 nitrogen and oxygen atoms in total. The fourth-order valence-electron chi connectivity index (χ4n) is 1.19. The number of hydrogen-bond donors (Lipinski definition) is 0. The summed E-state index contributed by atoms with van der Waals surface area (Å²) in [5.41, 5.74) is 0. The minimum Gasteiger partial charge on any atom is -0.268 e. The van der Waals surface area contributed by atoms with Crippen LogP contribution in [0.25, 0.3) is 0 Å². The molecule has 0 atom stereocenters. The molecule has 1 rings (SSSR count). The van der Waals surface area contributed by atoms with Crippen LogP contribution in [0.5, 0.6) is 0 Å². The van der Waals surface area contributed by atoms with Crippen LogP contribution in [0.3, 0.4) is 0 Å². The van der Waals surface area contributed by atoms with Gasteiger partial charge in [0.25, 0.3) is 11.1 Å². The Labute approximate surface area is 93.9 Å². The number of carbonyl (C=O) groups is 2. The summed E-state index contributed by atoms with van der Waals surface area (Å²) in [6, 6.07) is 0. The first-order valence-corrected chi connectivity index (χ1v) is 5.57. The SMILES string of the molecule is C#CCCN1C(=O)S/C(=C\C(C)C)C1=O. The smallest absolute Gasteiger partial charge is 0.268 e. The van der Waals surface area contributed by atoms with Crippen molar-refractivity contribution in [1.29, 1.82) is 0 Å². The molecule has 2 amide bonds. The van der Waals surface area contributed by atoms with Gasteiger partial charge in [0.2, 0.25) is 0 Å². The second-order valence-electron chi connectivity index (χ2n) is 3.55. The maximum atomic E-state index is 11.7. The van der Waals surface area contributed by atoms with Crippen LogP contribution in [0.2, 0.25) is 0 Å². The first-order chi connectivity index (χ1) is 7.06. The highest BCUT2D eigenvalue weighted by Crippen LogP contribution is 2.31. The Kier molecular flexibility index (Phi) is 3.98. The quantitative estimate of drug-likeness (QED) is 0.544. The monoisotopic (exact) mass is 223 g/mol. The number of terminal acetylenes is 1. The van der Waals surface area contributed by atoms with Crippen molar-refractivity contribution in [3.05, 3.63) is 11.0 Å². The van der Waals surface area contributed by atoms with Crippen LogP contribution in [0.4, 0.5) is 4.79 Å². The second kappa shape index (κ2) is 5.04. The number of nitrogens with zero attached hydrogens (tertiary/aromatic N) is 1. The van der Waals surface area contributed by atoms with Gasteiger partial charge in [0.15, 0.2) is 0 Å². The van der Waals surface area contributed by atoms with E-state index in [0.717, 1.165) is 11.8 Å². The molecule has 80 valence electrons. The zero-order chi connectivity index (χ0) is 11.4. The molecule has 0 N–H and O–H groups in total. The van der Waals surface area contributed by atoms with Gasteiger partial charge < -0.3 is 0 Å². The molecule has 0 aromatic heterocycles. The summed E-state index contributed by atoms with van der Waals surface area (Å²) in [5, 5.41) is -0.220. The van der Waals surface area contributed by atoms with Crippen LogP contribution < -0.4 is 0 Å². The Balaban J connectivity index is 2.76. The molecule has 1 heterocycles. The molecule has 4 heteroatoms. The molecule has 0 saturated carbocycles. The van der Waals surface area contributed by atoms with Crippen LogP contribution in [0.1, 0.15) is 20.3 Å². The molecule has 1 saturated heterocycles. The molecule has 0 bridgehead atoms. The molecular formula is C11H13NO2S. The van der Waals surface area contributed by atoms with E-state index in [1.54, 1.807) is 6.08 Å². The van der Waals surface area contributed by atoms with Gasteiger partial charge in [-0.1, -0.05) is 19.9 Å². The third-order valence-corrected chi connectivity index (χ3v) is 2.76. The third kappa shape index (κ3) is 2.87. The number of allylic oxidation sites excluding steroid dienone is 1. The van der Waals surface area contributed by atoms with E-state index in [2.05, 4.69) is 5.92 Å². The van der Waals surface area contributed by atoms with Gasteiger partial charge in [0, 0.05) is 13.0 Å². The Morgan fingerprint density at radius 3 is 2.73 bits per heavy atom. The van der Waals surface area contributed by atoms with Crippen molar-refractivity contribution >= 4 is 22.9 Å². The van der Waals surface area contributed by atoms with Crippen molar-refractivity contribution in [3.63, 3.8) is 0 Å². The molecule has 15 heavy (non-hydrogen) atoms. The van der Waals surface area contributed by atoms with Crippen molar-refractivity contribution < 1.29 is 9.59 Å². The molecule has 0 aromatic carbocycles. The van der Waals surface area contributed by atoms with Gasteiger partial charge in [0.1, 0.15) is 0 Å². The lowest BCUT2D eigenvalue weighted by Crippen LogP contribution is -2.29. The van der Waals surface area contributed by atoms with Crippen molar-refractivity contribution in [2.45, 2.75) is 20.3 Å². The van der Waals surface area contributed by atoms with Gasteiger partial charge in [-0.3, -0.25) is 14.5 Å². The molecule has 0 unspecified atom stereocenters. The minimum atomic E-state index is -0.220. The van der Waals surface area contributed by atoms with Crippen LogP contribution in [0.15, 0.2) is 11.0 Å². The number of carbonyl (C=O) groups excluding carboxylic acids is 2. The van der Waals surface area contributed by atoms with Crippen LogP contribution >= 0.6 is 11.8 Å². The topological polar surface area (TPSA) is 37.4 Å². The second-order valence-corrected chi connectivity index (χ2v) is 4.55. The van der Waals surface area contributed by atoms with Gasteiger partial charge in [-0.15, -0.1) is 12.3 Å². The van der Waals surface area contributed by atoms with E-state index in [4.69, 9.17) is 6.42 Å². The Hall–Kier alpha value is -1.21. The Bertz CT molecular complexity index is 352. The molecule has 0 radical (unpaired) electrons. The molecule has 1 aliphatic heterocycles. The molecule has 0 spiro atoms. The lowest BCUT2D eigenvalue weighted by atomic mass is 10.2.